The van der Waals surface area contributed by atoms with Gasteiger partial charge in [-0.05, 0) is 37.8 Å². The quantitative estimate of drug-likeness (QED) is 0.806. The highest BCUT2D eigenvalue weighted by Crippen LogP contribution is 2.22. The lowest BCUT2D eigenvalue weighted by atomic mass is 10.0. The highest BCUT2D eigenvalue weighted by Gasteiger charge is 2.08. The molecule has 0 bridgehead atoms. The number of hydrogen-bond donors (Lipinski definition) is 1. The molecular weight excluding hydrogens is 188 g/mol. The van der Waals surface area contributed by atoms with Crippen LogP contribution in [0.15, 0.2) is 24.3 Å². The molecule has 1 unspecified atom stereocenters. The van der Waals surface area contributed by atoms with Gasteiger partial charge in [0.25, 0.3) is 0 Å². The van der Waals surface area contributed by atoms with Crippen molar-refractivity contribution in [3.05, 3.63) is 29.8 Å². The molecular formula is C13H20O2. The van der Waals surface area contributed by atoms with E-state index in [2.05, 4.69) is 6.07 Å². The van der Waals surface area contributed by atoms with Gasteiger partial charge in [0, 0.05) is 6.61 Å². The van der Waals surface area contributed by atoms with Crippen LogP contribution in [0.25, 0.3) is 0 Å². The Bertz CT molecular complexity index is 294. The number of aliphatic hydroxyl groups excluding tert-OH is 1. The molecule has 84 valence electrons. The largest absolute Gasteiger partial charge is 0.491 e. The molecule has 0 aliphatic rings. The molecule has 2 heteroatoms. The lowest BCUT2D eigenvalue weighted by Crippen LogP contribution is -2.10. The highest BCUT2D eigenvalue weighted by molar-refractivity contribution is 5.33. The Balaban J connectivity index is 2.76. The topological polar surface area (TPSA) is 29.5 Å². The molecule has 1 atom stereocenters. The molecule has 1 aromatic carbocycles. The summed E-state index contributed by atoms with van der Waals surface area (Å²) in [6, 6.07) is 8.03. The van der Waals surface area contributed by atoms with Crippen LogP contribution in [-0.4, -0.2) is 17.8 Å². The summed E-state index contributed by atoms with van der Waals surface area (Å²) >= 11 is 0. The van der Waals surface area contributed by atoms with E-state index in [0.29, 0.717) is 0 Å². The summed E-state index contributed by atoms with van der Waals surface area (Å²) in [4.78, 5) is 0. The van der Waals surface area contributed by atoms with Crippen LogP contribution in [0.2, 0.25) is 0 Å². The fourth-order valence-electron chi connectivity index (χ4n) is 1.48. The van der Waals surface area contributed by atoms with Crippen molar-refractivity contribution >= 4 is 0 Å². The average molecular weight is 208 g/mol. The standard InChI is InChI=1S/C13H20O2/c1-10(2)15-13-7-5-4-6-12(13)8-11(3)9-14/h4-7,10-11,14H,8-9H2,1-3H3. The van der Waals surface area contributed by atoms with Crippen LogP contribution < -0.4 is 4.74 Å². The molecule has 1 aromatic rings. The molecule has 0 saturated heterocycles. The summed E-state index contributed by atoms with van der Waals surface area (Å²) in [6.07, 6.45) is 1.05. The van der Waals surface area contributed by atoms with Crippen molar-refractivity contribution in [2.45, 2.75) is 33.3 Å². The molecule has 2 nitrogen and oxygen atoms in total. The van der Waals surface area contributed by atoms with Gasteiger partial charge in [-0.25, -0.2) is 0 Å². The van der Waals surface area contributed by atoms with Crippen LogP contribution >= 0.6 is 0 Å². The Labute approximate surface area is 91.9 Å². The first-order chi connectivity index (χ1) is 7.13. The first-order valence-corrected chi connectivity index (χ1v) is 5.49. The number of aliphatic hydroxyl groups is 1. The van der Waals surface area contributed by atoms with E-state index in [1.165, 1.54) is 5.56 Å². The van der Waals surface area contributed by atoms with E-state index in [0.717, 1.165) is 12.2 Å². The van der Waals surface area contributed by atoms with Gasteiger partial charge in [-0.1, -0.05) is 25.1 Å². The molecule has 0 fully saturated rings. The lowest BCUT2D eigenvalue weighted by Gasteiger charge is -2.15. The molecule has 15 heavy (non-hydrogen) atoms. The summed E-state index contributed by atoms with van der Waals surface area (Å²) in [6.45, 7) is 6.29. The van der Waals surface area contributed by atoms with E-state index in [4.69, 9.17) is 9.84 Å². The summed E-state index contributed by atoms with van der Waals surface area (Å²) in [5.74, 6) is 1.22. The fourth-order valence-corrected chi connectivity index (χ4v) is 1.48. The fraction of sp³-hybridized carbons (Fsp3) is 0.538. The maximum atomic E-state index is 9.03. The predicted molar refractivity (Wildman–Crippen MR) is 62.2 cm³/mol. The van der Waals surface area contributed by atoms with Crippen molar-refractivity contribution in [3.63, 3.8) is 0 Å². The monoisotopic (exact) mass is 208 g/mol. The lowest BCUT2D eigenvalue weighted by molar-refractivity contribution is 0.226. The van der Waals surface area contributed by atoms with Gasteiger partial charge in [-0.2, -0.15) is 0 Å². The first-order valence-electron chi connectivity index (χ1n) is 5.49. The highest BCUT2D eigenvalue weighted by atomic mass is 16.5. The van der Waals surface area contributed by atoms with Crippen molar-refractivity contribution < 1.29 is 9.84 Å². The van der Waals surface area contributed by atoms with E-state index in [9.17, 15) is 0 Å². The molecule has 0 amide bonds. The van der Waals surface area contributed by atoms with Gasteiger partial charge in [-0.3, -0.25) is 0 Å². The molecule has 0 radical (unpaired) electrons. The Morgan fingerprint density at radius 3 is 2.47 bits per heavy atom. The Morgan fingerprint density at radius 1 is 1.20 bits per heavy atom. The Hall–Kier alpha value is -1.02. The van der Waals surface area contributed by atoms with E-state index < -0.39 is 0 Å². The molecule has 0 spiro atoms. The third-order valence-electron chi connectivity index (χ3n) is 2.22. The number of para-hydroxylation sites is 1. The maximum Gasteiger partial charge on any atom is 0.122 e. The van der Waals surface area contributed by atoms with E-state index >= 15 is 0 Å². The normalized spacial score (nSPS) is 12.9. The molecule has 0 aromatic heterocycles. The third kappa shape index (κ3) is 3.92. The Morgan fingerprint density at radius 2 is 1.87 bits per heavy atom. The third-order valence-corrected chi connectivity index (χ3v) is 2.22. The molecule has 1 N–H and O–H groups in total. The van der Waals surface area contributed by atoms with Gasteiger partial charge in [-0.15, -0.1) is 0 Å². The van der Waals surface area contributed by atoms with Gasteiger partial charge >= 0.3 is 0 Å². The van der Waals surface area contributed by atoms with Crippen molar-refractivity contribution in [1.82, 2.24) is 0 Å². The predicted octanol–water partition coefficient (Wildman–Crippen LogP) is 2.64. The van der Waals surface area contributed by atoms with Crippen molar-refractivity contribution in [2.24, 2.45) is 5.92 Å². The molecule has 0 aliphatic heterocycles. The van der Waals surface area contributed by atoms with Crippen LogP contribution in [0.3, 0.4) is 0 Å². The Kier molecular flexibility index (Phi) is 4.63. The zero-order valence-corrected chi connectivity index (χ0v) is 9.73. The molecule has 0 saturated carbocycles. The zero-order chi connectivity index (χ0) is 11.3. The zero-order valence-electron chi connectivity index (χ0n) is 9.73. The number of hydrogen-bond acceptors (Lipinski definition) is 2. The van der Waals surface area contributed by atoms with Gasteiger partial charge in [0.05, 0.1) is 6.10 Å². The van der Waals surface area contributed by atoms with Crippen LogP contribution in [0.5, 0.6) is 5.75 Å². The van der Waals surface area contributed by atoms with Gasteiger partial charge < -0.3 is 9.84 Å². The minimum atomic E-state index is 0.190. The maximum absolute atomic E-state index is 9.03. The summed E-state index contributed by atoms with van der Waals surface area (Å²) < 4.78 is 5.71. The van der Waals surface area contributed by atoms with Crippen LogP contribution in [0, 0.1) is 5.92 Å². The number of rotatable bonds is 5. The summed E-state index contributed by atoms with van der Waals surface area (Å²) in [5.41, 5.74) is 1.17. The average Bonchev–Trinajstić information content (AvgIpc) is 2.20. The van der Waals surface area contributed by atoms with Crippen LogP contribution in [0.1, 0.15) is 26.3 Å². The van der Waals surface area contributed by atoms with Crippen molar-refractivity contribution in [2.75, 3.05) is 6.61 Å². The SMILES string of the molecule is CC(CO)Cc1ccccc1OC(C)C. The minimum absolute atomic E-state index is 0.190. The van der Waals surface area contributed by atoms with Gasteiger partial charge in [0.2, 0.25) is 0 Å². The molecule has 0 aliphatic carbocycles. The summed E-state index contributed by atoms with van der Waals surface area (Å²) in [5, 5.41) is 9.03. The van der Waals surface area contributed by atoms with E-state index in [-0.39, 0.29) is 18.6 Å². The second-order valence-electron chi connectivity index (χ2n) is 4.27. The smallest absolute Gasteiger partial charge is 0.122 e. The molecule has 1 rings (SSSR count). The molecule has 0 heterocycles. The van der Waals surface area contributed by atoms with Crippen molar-refractivity contribution in [1.29, 1.82) is 0 Å². The minimum Gasteiger partial charge on any atom is -0.491 e. The first kappa shape index (κ1) is 12.1. The van der Waals surface area contributed by atoms with E-state index in [1.54, 1.807) is 0 Å². The second kappa shape index (κ2) is 5.76. The van der Waals surface area contributed by atoms with Crippen LogP contribution in [0.4, 0.5) is 0 Å². The number of ether oxygens (including phenoxy) is 1. The second-order valence-corrected chi connectivity index (χ2v) is 4.27. The van der Waals surface area contributed by atoms with Gasteiger partial charge in [0.1, 0.15) is 5.75 Å². The van der Waals surface area contributed by atoms with Crippen LogP contribution in [-0.2, 0) is 6.42 Å². The van der Waals surface area contributed by atoms with E-state index in [1.807, 2.05) is 39.0 Å². The van der Waals surface area contributed by atoms with Gasteiger partial charge in [0.15, 0.2) is 0 Å². The number of benzene rings is 1. The van der Waals surface area contributed by atoms with Crippen molar-refractivity contribution in [3.8, 4) is 5.75 Å². The summed E-state index contributed by atoms with van der Waals surface area (Å²) in [7, 11) is 0.